The van der Waals surface area contributed by atoms with Gasteiger partial charge >= 0.3 is 0 Å². The minimum Gasteiger partial charge on any atom is -0.418 e. The first-order chi connectivity index (χ1) is 17.9. The number of hydrogen-bond acceptors (Lipinski definition) is 4. The average Bonchev–Trinajstić information content (AvgIpc) is 3.38. The summed E-state index contributed by atoms with van der Waals surface area (Å²) in [5, 5.41) is 15.6. The van der Waals surface area contributed by atoms with E-state index in [2.05, 4.69) is 48.3 Å². The molecule has 0 N–H and O–H groups in total. The second kappa shape index (κ2) is 9.32. The number of benzene rings is 3. The molecule has 5 aromatic rings. The molecule has 8 heteroatoms. The van der Waals surface area contributed by atoms with Gasteiger partial charge in [0.2, 0.25) is 5.89 Å². The Labute approximate surface area is 230 Å². The van der Waals surface area contributed by atoms with E-state index in [0.29, 0.717) is 44.7 Å². The summed E-state index contributed by atoms with van der Waals surface area (Å²) in [6, 6.07) is 21.6. The van der Waals surface area contributed by atoms with E-state index in [1.54, 1.807) is 12.1 Å². The first-order valence-corrected chi connectivity index (χ1v) is 13.3. The van der Waals surface area contributed by atoms with Gasteiger partial charge in [-0.3, -0.25) is 0 Å². The zero-order valence-corrected chi connectivity index (χ0v) is 22.6. The van der Waals surface area contributed by atoms with Crippen molar-refractivity contribution in [1.82, 2.24) is 20.0 Å². The largest absolute Gasteiger partial charge is 0.418 e. The monoisotopic (exact) mass is 548 g/mol. The Balaban J connectivity index is 1.51. The van der Waals surface area contributed by atoms with Gasteiger partial charge in [0, 0.05) is 21.2 Å². The van der Waals surface area contributed by atoms with E-state index in [9.17, 15) is 0 Å². The molecule has 1 fully saturated rings. The van der Waals surface area contributed by atoms with E-state index in [0.717, 1.165) is 29.7 Å². The first-order valence-electron chi connectivity index (χ1n) is 12.1. The number of halogens is 3. The molecular formula is C29H23Cl3N4O. The molecule has 3 aromatic carbocycles. The Bertz CT molecular complexity index is 1600. The number of rotatable bonds is 6. The van der Waals surface area contributed by atoms with Gasteiger partial charge in [0.15, 0.2) is 5.69 Å². The summed E-state index contributed by atoms with van der Waals surface area (Å²) in [5.74, 6) is 1.02. The average molecular weight is 550 g/mol. The van der Waals surface area contributed by atoms with Crippen molar-refractivity contribution >= 4 is 34.8 Å². The molecule has 0 unspecified atom stereocenters. The highest BCUT2D eigenvalue weighted by atomic mass is 35.5. The van der Waals surface area contributed by atoms with E-state index in [-0.39, 0.29) is 5.41 Å². The zero-order valence-electron chi connectivity index (χ0n) is 20.3. The van der Waals surface area contributed by atoms with E-state index < -0.39 is 0 Å². The molecule has 2 heterocycles. The number of aromatic nitrogens is 4. The van der Waals surface area contributed by atoms with Crippen LogP contribution in [0.25, 0.3) is 28.5 Å². The van der Waals surface area contributed by atoms with Gasteiger partial charge in [0.25, 0.3) is 5.89 Å². The molecule has 1 aliphatic carbocycles. The summed E-state index contributed by atoms with van der Waals surface area (Å²) in [6.45, 7) is 4.17. The third kappa shape index (κ3) is 4.25. The molecule has 6 rings (SSSR count). The second-order valence-corrected chi connectivity index (χ2v) is 10.7. The van der Waals surface area contributed by atoms with Gasteiger partial charge in [0.1, 0.15) is 0 Å². The predicted octanol–water partition coefficient (Wildman–Crippen LogP) is 8.50. The Morgan fingerprint density at radius 1 is 0.892 bits per heavy atom. The van der Waals surface area contributed by atoms with Gasteiger partial charge in [-0.15, -0.1) is 10.2 Å². The molecule has 1 saturated carbocycles. The molecule has 1 aliphatic rings. The molecule has 2 aromatic heterocycles. The maximum atomic E-state index is 6.63. The molecule has 0 amide bonds. The van der Waals surface area contributed by atoms with Crippen LogP contribution in [-0.4, -0.2) is 20.0 Å². The molecule has 0 aliphatic heterocycles. The minimum absolute atomic E-state index is 0.230. The lowest BCUT2D eigenvalue weighted by Crippen LogP contribution is -2.09. The van der Waals surface area contributed by atoms with Crippen molar-refractivity contribution in [3.05, 3.63) is 104 Å². The third-order valence-corrected chi connectivity index (χ3v) is 7.77. The van der Waals surface area contributed by atoms with Crippen LogP contribution < -0.4 is 0 Å². The predicted molar refractivity (Wildman–Crippen MR) is 148 cm³/mol. The molecule has 0 bridgehead atoms. The van der Waals surface area contributed by atoms with Gasteiger partial charge in [-0.25, -0.2) is 4.68 Å². The number of aryl methyl sites for hydroxylation is 1. The van der Waals surface area contributed by atoms with Gasteiger partial charge < -0.3 is 4.42 Å². The topological polar surface area (TPSA) is 56.7 Å². The summed E-state index contributed by atoms with van der Waals surface area (Å²) in [5.41, 5.74) is 6.34. The summed E-state index contributed by atoms with van der Waals surface area (Å²) in [6.07, 6.45) is 2.64. The van der Waals surface area contributed by atoms with Gasteiger partial charge in [0.05, 0.1) is 21.8 Å². The smallest absolute Gasteiger partial charge is 0.268 e. The van der Waals surface area contributed by atoms with Crippen molar-refractivity contribution in [2.45, 2.75) is 38.5 Å². The maximum absolute atomic E-state index is 6.63. The van der Waals surface area contributed by atoms with Gasteiger partial charge in [-0.05, 0) is 62.1 Å². The maximum Gasteiger partial charge on any atom is 0.268 e. The standard InChI is InChI=1S/C29H23Cl3N4O/c1-3-22-25(27-33-34-28(37-27)29(14-15-29)19-8-4-17(2)5-9-19)35-36(24-13-12-21(31)16-23(24)32)26(22)18-6-10-20(30)11-7-18/h4-13,16H,3,14-15H2,1-2H3. The van der Waals surface area contributed by atoms with Gasteiger partial charge in [-0.2, -0.15) is 5.10 Å². The van der Waals surface area contributed by atoms with Crippen molar-refractivity contribution in [3.8, 4) is 28.5 Å². The van der Waals surface area contributed by atoms with Crippen molar-refractivity contribution in [2.75, 3.05) is 0 Å². The quantitative estimate of drug-likeness (QED) is 0.213. The fraction of sp³-hybridized carbons (Fsp3) is 0.207. The van der Waals surface area contributed by atoms with E-state index >= 15 is 0 Å². The van der Waals surface area contributed by atoms with Crippen LogP contribution in [0.15, 0.2) is 71.1 Å². The van der Waals surface area contributed by atoms with Crippen LogP contribution in [0.4, 0.5) is 0 Å². The molecule has 0 spiro atoms. The fourth-order valence-electron chi connectivity index (χ4n) is 4.82. The number of nitrogens with zero attached hydrogens (tertiary/aromatic N) is 4. The Morgan fingerprint density at radius 2 is 1.59 bits per heavy atom. The lowest BCUT2D eigenvalue weighted by atomic mass is 9.95. The lowest BCUT2D eigenvalue weighted by Gasteiger charge is -2.11. The van der Waals surface area contributed by atoms with E-state index in [1.807, 2.05) is 35.0 Å². The summed E-state index contributed by atoms with van der Waals surface area (Å²) < 4.78 is 8.19. The SMILES string of the molecule is CCc1c(-c2nnc(C3(c4ccc(C)cc4)CC3)o2)nn(-c2ccc(Cl)cc2Cl)c1-c1ccc(Cl)cc1. The van der Waals surface area contributed by atoms with Crippen molar-refractivity contribution < 1.29 is 4.42 Å². The van der Waals surface area contributed by atoms with Crippen LogP contribution in [0.1, 0.15) is 42.3 Å². The first kappa shape index (κ1) is 24.2. The summed E-state index contributed by atoms with van der Waals surface area (Å²) in [7, 11) is 0. The van der Waals surface area contributed by atoms with Crippen LogP contribution >= 0.6 is 34.8 Å². The third-order valence-electron chi connectivity index (χ3n) is 6.98. The highest BCUT2D eigenvalue weighted by Gasteiger charge is 2.51. The molecule has 37 heavy (non-hydrogen) atoms. The Hall–Kier alpha value is -3.12. The molecule has 0 saturated heterocycles. The number of hydrogen-bond donors (Lipinski definition) is 0. The summed E-state index contributed by atoms with van der Waals surface area (Å²) >= 11 is 19.0. The minimum atomic E-state index is -0.230. The molecule has 0 radical (unpaired) electrons. The van der Waals surface area contributed by atoms with Crippen molar-refractivity contribution in [3.63, 3.8) is 0 Å². The Kier molecular flexibility index (Phi) is 6.10. The van der Waals surface area contributed by atoms with Crippen molar-refractivity contribution in [2.24, 2.45) is 0 Å². The highest BCUT2D eigenvalue weighted by Crippen LogP contribution is 2.53. The van der Waals surface area contributed by atoms with Crippen LogP contribution in [-0.2, 0) is 11.8 Å². The molecule has 186 valence electrons. The zero-order chi connectivity index (χ0) is 25.7. The highest BCUT2D eigenvalue weighted by molar-refractivity contribution is 6.35. The fourth-order valence-corrected chi connectivity index (χ4v) is 5.44. The van der Waals surface area contributed by atoms with Crippen LogP contribution in [0.3, 0.4) is 0 Å². The van der Waals surface area contributed by atoms with Gasteiger partial charge in [-0.1, -0.05) is 83.7 Å². The van der Waals surface area contributed by atoms with Crippen LogP contribution in [0.5, 0.6) is 0 Å². The molecular weight excluding hydrogens is 527 g/mol. The molecule has 5 nitrogen and oxygen atoms in total. The lowest BCUT2D eigenvalue weighted by molar-refractivity contribution is 0.470. The normalized spacial score (nSPS) is 14.2. The van der Waals surface area contributed by atoms with E-state index in [4.69, 9.17) is 44.3 Å². The van der Waals surface area contributed by atoms with Crippen LogP contribution in [0, 0.1) is 6.92 Å². The van der Waals surface area contributed by atoms with Crippen LogP contribution in [0.2, 0.25) is 15.1 Å². The molecule has 0 atom stereocenters. The Morgan fingerprint density at radius 3 is 2.24 bits per heavy atom. The summed E-state index contributed by atoms with van der Waals surface area (Å²) in [4.78, 5) is 0. The van der Waals surface area contributed by atoms with E-state index in [1.165, 1.54) is 11.1 Å². The van der Waals surface area contributed by atoms with Crippen molar-refractivity contribution in [1.29, 1.82) is 0 Å². The second-order valence-electron chi connectivity index (χ2n) is 9.40.